The highest BCUT2D eigenvalue weighted by molar-refractivity contribution is 6.34. The number of esters is 1. The number of nitrogens with zero attached hydrogens (tertiary/aromatic N) is 3. The van der Waals surface area contributed by atoms with Gasteiger partial charge in [0.25, 0.3) is 5.56 Å². The van der Waals surface area contributed by atoms with Crippen LogP contribution in [0, 0.1) is 0 Å². The molecule has 0 spiro atoms. The summed E-state index contributed by atoms with van der Waals surface area (Å²) in [6, 6.07) is -0.347. The van der Waals surface area contributed by atoms with Crippen LogP contribution in [0.2, 0.25) is 10.0 Å². The lowest BCUT2D eigenvalue weighted by molar-refractivity contribution is -0.151. The number of aromatic nitrogens is 2. The van der Waals surface area contributed by atoms with Gasteiger partial charge in [0.05, 0.1) is 28.9 Å². The summed E-state index contributed by atoms with van der Waals surface area (Å²) >= 11 is 11.2. The molecule has 0 aliphatic heterocycles. The molecule has 0 radical (unpaired) electrons. The van der Waals surface area contributed by atoms with E-state index in [4.69, 9.17) is 27.9 Å². The second-order valence-electron chi connectivity index (χ2n) is 6.77. The molecule has 2 aromatic rings. The molecule has 200 valence electrons. The van der Waals surface area contributed by atoms with Gasteiger partial charge in [0.15, 0.2) is 5.69 Å². The maximum absolute atomic E-state index is 13.6. The maximum Gasteiger partial charge on any atom is 0.435 e. The second-order valence-corrected chi connectivity index (χ2v) is 7.53. The van der Waals surface area contributed by atoms with Crippen LogP contribution in [0.25, 0.3) is 0 Å². The molecule has 0 fully saturated rings. The van der Waals surface area contributed by atoms with E-state index in [2.05, 4.69) is 9.72 Å². The number of ether oxygens (including phenoxy) is 2. The zero-order valence-electron chi connectivity index (χ0n) is 17.9. The zero-order chi connectivity index (χ0) is 28.0. The van der Waals surface area contributed by atoms with E-state index < -0.39 is 74.8 Å². The van der Waals surface area contributed by atoms with Crippen molar-refractivity contribution in [3.8, 4) is 0 Å². The lowest BCUT2D eigenvalue weighted by Crippen LogP contribution is -2.44. The predicted molar refractivity (Wildman–Crippen MR) is 106 cm³/mol. The Hall–Kier alpha value is -2.72. The molecule has 0 amide bonds. The molecule has 0 N–H and O–H groups in total. The normalized spacial score (nSPS) is 13.5. The summed E-state index contributed by atoms with van der Waals surface area (Å²) in [5, 5.41) is -2.95. The van der Waals surface area contributed by atoms with E-state index >= 15 is 0 Å². The first-order chi connectivity index (χ1) is 16.3. The molecule has 1 aromatic carbocycles. The Morgan fingerprint density at radius 1 is 0.972 bits per heavy atom. The first-order valence-corrected chi connectivity index (χ1v) is 9.74. The Bertz CT molecular complexity index is 1230. The molecule has 1 aromatic heterocycles. The van der Waals surface area contributed by atoms with Crippen LogP contribution in [0.5, 0.6) is 0 Å². The van der Waals surface area contributed by atoms with Gasteiger partial charge in [-0.3, -0.25) is 14.3 Å². The van der Waals surface area contributed by atoms with Crippen molar-refractivity contribution in [2.45, 2.75) is 24.8 Å². The van der Waals surface area contributed by atoms with Gasteiger partial charge in [-0.05, 0) is 12.1 Å². The van der Waals surface area contributed by atoms with Crippen LogP contribution in [0.4, 0.5) is 51.1 Å². The predicted octanol–water partition coefficient (Wildman–Crippen LogP) is 5.43. The van der Waals surface area contributed by atoms with Crippen molar-refractivity contribution < 1.29 is 53.8 Å². The standard InChI is InChI=1S/C18H12Cl2F9N3O4/c1-31-12(33)10(20)11(18(27,28)29)30-15(31)32(13(35-2)14(34)36-3)8-5-6(16(21,22)23)4-7(9(8)19)17(24,25)26/h4-5,13H,1-3H3. The van der Waals surface area contributed by atoms with Crippen molar-refractivity contribution in [3.63, 3.8) is 0 Å². The quantitative estimate of drug-likeness (QED) is 0.269. The molecule has 1 atom stereocenters. The third-order valence-corrected chi connectivity index (χ3v) is 5.24. The number of alkyl halides is 9. The molecule has 0 aliphatic rings. The van der Waals surface area contributed by atoms with Gasteiger partial charge in [0, 0.05) is 14.2 Å². The Morgan fingerprint density at radius 3 is 1.94 bits per heavy atom. The summed E-state index contributed by atoms with van der Waals surface area (Å²) in [5.74, 6) is -2.82. The largest absolute Gasteiger partial charge is 0.466 e. The van der Waals surface area contributed by atoms with Crippen LogP contribution in [0.1, 0.15) is 16.8 Å². The van der Waals surface area contributed by atoms with E-state index in [0.717, 1.165) is 21.3 Å². The number of carbonyl (C=O) groups excluding carboxylic acids is 1. The third-order valence-electron chi connectivity index (χ3n) is 4.50. The first-order valence-electron chi connectivity index (χ1n) is 8.98. The average Bonchev–Trinajstić information content (AvgIpc) is 2.74. The molecule has 0 bridgehead atoms. The summed E-state index contributed by atoms with van der Waals surface area (Å²) in [5.41, 5.74) is -9.01. The summed E-state index contributed by atoms with van der Waals surface area (Å²) in [6.07, 6.45) is -18.7. The van der Waals surface area contributed by atoms with Gasteiger partial charge in [-0.15, -0.1) is 0 Å². The SMILES string of the molecule is COC(=O)C(OC)N(c1cc(C(F)(F)F)cc(C(F)(F)F)c1Cl)c1nc(C(F)(F)F)c(Cl)c(=O)n1C. The first kappa shape index (κ1) is 29.5. The number of anilines is 2. The molecular formula is C18H12Cl2F9N3O4. The minimum Gasteiger partial charge on any atom is -0.466 e. The lowest BCUT2D eigenvalue weighted by atomic mass is 10.1. The Labute approximate surface area is 204 Å². The number of hydrogen-bond acceptors (Lipinski definition) is 6. The second kappa shape index (κ2) is 9.97. The van der Waals surface area contributed by atoms with Crippen LogP contribution in [0.15, 0.2) is 16.9 Å². The van der Waals surface area contributed by atoms with E-state index in [1.165, 1.54) is 0 Å². The molecule has 18 heteroatoms. The van der Waals surface area contributed by atoms with Gasteiger partial charge >= 0.3 is 24.5 Å². The van der Waals surface area contributed by atoms with Gasteiger partial charge in [-0.1, -0.05) is 23.2 Å². The molecule has 1 unspecified atom stereocenters. The molecule has 0 saturated carbocycles. The Morgan fingerprint density at radius 2 is 1.53 bits per heavy atom. The molecule has 0 saturated heterocycles. The number of benzene rings is 1. The van der Waals surface area contributed by atoms with Crippen molar-refractivity contribution in [3.05, 3.63) is 49.4 Å². The summed E-state index contributed by atoms with van der Waals surface area (Å²) in [4.78, 5) is 27.8. The van der Waals surface area contributed by atoms with Crippen molar-refractivity contribution in [1.29, 1.82) is 0 Å². The van der Waals surface area contributed by atoms with E-state index in [-0.39, 0.29) is 21.6 Å². The van der Waals surface area contributed by atoms with Crippen molar-refractivity contribution in [2.24, 2.45) is 7.05 Å². The fourth-order valence-corrected chi connectivity index (χ4v) is 3.45. The number of halogens is 11. The van der Waals surface area contributed by atoms with Gasteiger partial charge in [-0.25, -0.2) is 9.78 Å². The smallest absolute Gasteiger partial charge is 0.435 e. The van der Waals surface area contributed by atoms with Crippen molar-refractivity contribution in [2.75, 3.05) is 19.1 Å². The third kappa shape index (κ3) is 5.64. The van der Waals surface area contributed by atoms with Gasteiger partial charge in [0.1, 0.15) is 5.02 Å². The average molecular weight is 576 g/mol. The van der Waals surface area contributed by atoms with E-state index in [0.29, 0.717) is 0 Å². The van der Waals surface area contributed by atoms with Crippen molar-refractivity contribution in [1.82, 2.24) is 9.55 Å². The molecule has 0 aliphatic carbocycles. The molecule has 1 heterocycles. The van der Waals surface area contributed by atoms with Crippen LogP contribution < -0.4 is 10.5 Å². The van der Waals surface area contributed by atoms with Crippen LogP contribution in [0.3, 0.4) is 0 Å². The Kier molecular flexibility index (Phi) is 8.17. The number of hydrogen-bond donors (Lipinski definition) is 0. The number of methoxy groups -OCH3 is 2. The van der Waals surface area contributed by atoms with Crippen molar-refractivity contribution >= 4 is 40.8 Å². The highest BCUT2D eigenvalue weighted by Crippen LogP contribution is 2.46. The minimum atomic E-state index is -5.50. The van der Waals surface area contributed by atoms with Crippen LogP contribution >= 0.6 is 23.2 Å². The van der Waals surface area contributed by atoms with Gasteiger partial charge in [-0.2, -0.15) is 39.5 Å². The fourth-order valence-electron chi connectivity index (χ4n) is 2.87. The molecular weight excluding hydrogens is 564 g/mol. The summed E-state index contributed by atoms with van der Waals surface area (Å²) in [6.45, 7) is 0. The number of rotatable bonds is 5. The van der Waals surface area contributed by atoms with Gasteiger partial charge in [0.2, 0.25) is 12.2 Å². The molecule has 2 rings (SSSR count). The van der Waals surface area contributed by atoms with E-state index in [1.807, 2.05) is 0 Å². The summed E-state index contributed by atoms with van der Waals surface area (Å²) < 4.78 is 131. The minimum absolute atomic E-state index is 0.000554. The van der Waals surface area contributed by atoms with E-state index in [1.54, 1.807) is 0 Å². The van der Waals surface area contributed by atoms with Crippen LogP contribution in [-0.4, -0.2) is 36.0 Å². The Balaban J connectivity index is 3.15. The summed E-state index contributed by atoms with van der Waals surface area (Å²) in [7, 11) is 2.19. The lowest BCUT2D eigenvalue weighted by Gasteiger charge is -2.32. The maximum atomic E-state index is 13.6. The van der Waals surface area contributed by atoms with Gasteiger partial charge < -0.3 is 9.47 Å². The van der Waals surface area contributed by atoms with Crippen LogP contribution in [-0.2, 0) is 39.8 Å². The topological polar surface area (TPSA) is 73.7 Å². The highest BCUT2D eigenvalue weighted by Gasteiger charge is 2.44. The highest BCUT2D eigenvalue weighted by atomic mass is 35.5. The number of carbonyl (C=O) groups is 1. The van der Waals surface area contributed by atoms with E-state index in [9.17, 15) is 49.1 Å². The fraction of sp³-hybridized carbons (Fsp3) is 0.389. The molecule has 36 heavy (non-hydrogen) atoms. The molecule has 7 nitrogen and oxygen atoms in total. The monoisotopic (exact) mass is 575 g/mol. The zero-order valence-corrected chi connectivity index (χ0v) is 19.4.